The Labute approximate surface area is 236 Å². The van der Waals surface area contributed by atoms with E-state index >= 15 is 0 Å². The molecule has 1 aliphatic carbocycles. The van der Waals surface area contributed by atoms with Crippen LogP contribution in [0.25, 0.3) is 0 Å². The molecular formula is C32H39NO7. The van der Waals surface area contributed by atoms with Gasteiger partial charge in [-0.15, -0.1) is 0 Å². The van der Waals surface area contributed by atoms with Gasteiger partial charge in [-0.1, -0.05) is 24.3 Å². The van der Waals surface area contributed by atoms with Crippen molar-refractivity contribution in [2.45, 2.75) is 58.5 Å². The lowest BCUT2D eigenvalue weighted by atomic mass is 9.69. The number of hydrogen-bond acceptors (Lipinski definition) is 8. The molecule has 4 rings (SSSR count). The third-order valence-electron chi connectivity index (χ3n) is 7.31. The fraction of sp³-hybridized carbons (Fsp3) is 0.469. The van der Waals surface area contributed by atoms with Gasteiger partial charge in [-0.3, -0.25) is 14.6 Å². The summed E-state index contributed by atoms with van der Waals surface area (Å²) in [5.74, 6) is 0.0293. The number of nitrogens with zero attached hydrogens (tertiary/aromatic N) is 1. The van der Waals surface area contributed by atoms with Crippen LogP contribution in [0.4, 0.5) is 0 Å². The van der Waals surface area contributed by atoms with Gasteiger partial charge in [0.2, 0.25) is 0 Å². The first kappa shape index (κ1) is 29.3. The lowest BCUT2D eigenvalue weighted by molar-refractivity contribution is -0.148. The monoisotopic (exact) mass is 549 g/mol. The van der Waals surface area contributed by atoms with E-state index in [0.29, 0.717) is 60.3 Å². The predicted octanol–water partition coefficient (Wildman–Crippen LogP) is 5.65. The summed E-state index contributed by atoms with van der Waals surface area (Å²) in [5.41, 5.74) is 3.64. The van der Waals surface area contributed by atoms with E-state index in [4.69, 9.17) is 28.7 Å². The average molecular weight is 550 g/mol. The number of carbonyl (C=O) groups excluding carboxylic acids is 2. The lowest BCUT2D eigenvalue weighted by Gasteiger charge is -2.37. The minimum Gasteiger partial charge on any atom is -0.493 e. The van der Waals surface area contributed by atoms with Gasteiger partial charge in [-0.2, -0.15) is 0 Å². The quantitative estimate of drug-likeness (QED) is 0.264. The lowest BCUT2D eigenvalue weighted by Crippen LogP contribution is -2.38. The van der Waals surface area contributed by atoms with Crippen LogP contribution in [0.1, 0.15) is 63.5 Å². The highest BCUT2D eigenvalue weighted by Gasteiger charge is 2.45. The number of carbonyl (C=O) groups is 2. The highest BCUT2D eigenvalue weighted by molar-refractivity contribution is 6.09. The zero-order valence-electron chi connectivity index (χ0n) is 24.2. The van der Waals surface area contributed by atoms with Gasteiger partial charge < -0.3 is 23.7 Å². The van der Waals surface area contributed by atoms with E-state index in [2.05, 4.69) is 0 Å². The molecule has 1 heterocycles. The van der Waals surface area contributed by atoms with Crippen molar-refractivity contribution in [3.63, 3.8) is 0 Å². The van der Waals surface area contributed by atoms with E-state index < -0.39 is 17.8 Å². The Hall–Kier alpha value is -3.65. The standard InChI is InChI=1S/C32H39NO7/c1-7-38-14-15-39-32(35)29-20(4)33-24-16-22(21-12-13-27(36-5)28(18-21)37-6)17-25(34)31(24)30(29)23-10-8-9-11-26(23)40-19(2)3/h8-13,18-19,22,29-30H,7,14-17H2,1-6H3/t22-,29?,30-/m1/s1. The minimum absolute atomic E-state index is 0.0336. The Balaban J connectivity index is 1.76. The van der Waals surface area contributed by atoms with Gasteiger partial charge in [-0.25, -0.2) is 0 Å². The van der Waals surface area contributed by atoms with Crippen molar-refractivity contribution in [2.24, 2.45) is 10.9 Å². The molecule has 0 aromatic heterocycles. The zero-order chi connectivity index (χ0) is 28.8. The minimum atomic E-state index is -0.751. The summed E-state index contributed by atoms with van der Waals surface area (Å²) in [4.78, 5) is 32.4. The average Bonchev–Trinajstić information content (AvgIpc) is 2.94. The second-order valence-corrected chi connectivity index (χ2v) is 10.3. The Bertz CT molecular complexity index is 1300. The Morgan fingerprint density at radius 1 is 1.00 bits per heavy atom. The molecule has 214 valence electrons. The summed E-state index contributed by atoms with van der Waals surface area (Å²) in [6, 6.07) is 13.4. The van der Waals surface area contributed by atoms with E-state index in [1.807, 2.05) is 70.2 Å². The Morgan fingerprint density at radius 3 is 2.45 bits per heavy atom. The van der Waals surface area contributed by atoms with Crippen LogP contribution in [0.15, 0.2) is 58.7 Å². The summed E-state index contributed by atoms with van der Waals surface area (Å²) >= 11 is 0. The number of methoxy groups -OCH3 is 2. The summed E-state index contributed by atoms with van der Waals surface area (Å²) in [7, 11) is 3.19. The van der Waals surface area contributed by atoms with Crippen LogP contribution < -0.4 is 14.2 Å². The Kier molecular flexibility index (Phi) is 9.63. The summed E-state index contributed by atoms with van der Waals surface area (Å²) in [5, 5.41) is 0. The molecule has 0 spiro atoms. The fourth-order valence-corrected chi connectivity index (χ4v) is 5.58. The molecule has 0 radical (unpaired) electrons. The zero-order valence-corrected chi connectivity index (χ0v) is 24.2. The number of esters is 1. The number of benzene rings is 2. The largest absolute Gasteiger partial charge is 0.493 e. The van der Waals surface area contributed by atoms with Crippen LogP contribution in [0.5, 0.6) is 17.2 Å². The molecule has 8 heteroatoms. The van der Waals surface area contributed by atoms with Crippen molar-refractivity contribution in [1.82, 2.24) is 0 Å². The molecule has 0 saturated carbocycles. The van der Waals surface area contributed by atoms with Crippen molar-refractivity contribution in [2.75, 3.05) is 34.0 Å². The van der Waals surface area contributed by atoms with E-state index in [-0.39, 0.29) is 24.4 Å². The number of aliphatic imine (C=N–C) groups is 1. The van der Waals surface area contributed by atoms with Gasteiger partial charge in [0.05, 0.1) is 26.9 Å². The van der Waals surface area contributed by atoms with E-state index in [9.17, 15) is 9.59 Å². The molecule has 1 unspecified atom stereocenters. The normalized spacial score (nSPS) is 20.6. The molecule has 8 nitrogen and oxygen atoms in total. The molecule has 1 aliphatic heterocycles. The Morgan fingerprint density at radius 2 is 1.75 bits per heavy atom. The third kappa shape index (κ3) is 6.22. The van der Waals surface area contributed by atoms with Crippen molar-refractivity contribution in [3.8, 4) is 17.2 Å². The van der Waals surface area contributed by atoms with Crippen LogP contribution in [0, 0.1) is 5.92 Å². The first-order valence-electron chi connectivity index (χ1n) is 13.8. The topological polar surface area (TPSA) is 92.7 Å². The number of allylic oxidation sites excluding steroid dienone is 2. The van der Waals surface area contributed by atoms with Crippen molar-refractivity contribution in [3.05, 3.63) is 64.9 Å². The van der Waals surface area contributed by atoms with E-state index in [1.54, 1.807) is 14.2 Å². The molecule has 0 N–H and O–H groups in total. The third-order valence-corrected chi connectivity index (χ3v) is 7.31. The highest BCUT2D eigenvalue weighted by Crippen LogP contribution is 2.49. The SMILES string of the molecule is CCOCCOC(=O)C1C(C)=NC2=C(C(=O)C[C@H](c3ccc(OC)c(OC)c3)C2)[C@@H]1c1ccccc1OC(C)C. The van der Waals surface area contributed by atoms with Crippen LogP contribution in [-0.2, 0) is 19.1 Å². The molecule has 0 fully saturated rings. The second kappa shape index (κ2) is 13.1. The van der Waals surface area contributed by atoms with Crippen LogP contribution in [0.3, 0.4) is 0 Å². The van der Waals surface area contributed by atoms with Gasteiger partial charge >= 0.3 is 5.97 Å². The fourth-order valence-electron chi connectivity index (χ4n) is 5.58. The van der Waals surface area contributed by atoms with Gasteiger partial charge in [0.15, 0.2) is 17.3 Å². The maximum Gasteiger partial charge on any atom is 0.315 e. The number of ether oxygens (including phenoxy) is 5. The predicted molar refractivity (Wildman–Crippen MR) is 153 cm³/mol. The summed E-state index contributed by atoms with van der Waals surface area (Å²) in [6.45, 7) is 8.61. The number of para-hydroxylation sites is 1. The summed E-state index contributed by atoms with van der Waals surface area (Å²) < 4.78 is 28.0. The molecule has 0 bridgehead atoms. The van der Waals surface area contributed by atoms with Gasteiger partial charge in [0, 0.05) is 41.5 Å². The van der Waals surface area contributed by atoms with Crippen molar-refractivity contribution in [1.29, 1.82) is 0 Å². The number of Topliss-reactive ketones (excluding diaryl/α,β-unsaturated/α-hetero) is 1. The number of ketones is 1. The molecule has 2 aromatic rings. The maximum absolute atomic E-state index is 14.0. The molecule has 2 aliphatic rings. The molecule has 2 aromatic carbocycles. The smallest absolute Gasteiger partial charge is 0.315 e. The van der Waals surface area contributed by atoms with Gasteiger partial charge in [0.25, 0.3) is 0 Å². The van der Waals surface area contributed by atoms with E-state index in [0.717, 1.165) is 11.1 Å². The summed E-state index contributed by atoms with van der Waals surface area (Å²) in [6.07, 6.45) is 0.767. The van der Waals surface area contributed by atoms with Crippen LogP contribution in [-0.4, -0.2) is 57.6 Å². The molecule has 0 saturated heterocycles. The highest BCUT2D eigenvalue weighted by atomic mass is 16.6. The van der Waals surface area contributed by atoms with Crippen molar-refractivity contribution < 1.29 is 33.3 Å². The van der Waals surface area contributed by atoms with E-state index in [1.165, 1.54) is 0 Å². The molecule has 3 atom stereocenters. The second-order valence-electron chi connectivity index (χ2n) is 10.3. The number of hydrogen-bond donors (Lipinski definition) is 0. The first-order chi connectivity index (χ1) is 19.3. The molecule has 40 heavy (non-hydrogen) atoms. The molecule has 0 amide bonds. The van der Waals surface area contributed by atoms with Crippen LogP contribution >= 0.6 is 0 Å². The maximum atomic E-state index is 14.0. The first-order valence-corrected chi connectivity index (χ1v) is 13.8. The number of rotatable bonds is 11. The van der Waals surface area contributed by atoms with Gasteiger partial charge in [0.1, 0.15) is 18.3 Å². The van der Waals surface area contributed by atoms with Crippen LogP contribution in [0.2, 0.25) is 0 Å². The van der Waals surface area contributed by atoms with Gasteiger partial charge in [-0.05, 0) is 63.8 Å². The molecular weight excluding hydrogens is 510 g/mol. The van der Waals surface area contributed by atoms with Crippen molar-refractivity contribution >= 4 is 17.5 Å².